The van der Waals surface area contributed by atoms with E-state index in [0.717, 1.165) is 5.56 Å². The third kappa shape index (κ3) is 4.12. The Morgan fingerprint density at radius 1 is 1.00 bits per heavy atom. The Bertz CT molecular complexity index is 638. The van der Waals surface area contributed by atoms with Crippen LogP contribution in [0.2, 0.25) is 0 Å². The lowest BCUT2D eigenvalue weighted by atomic mass is 10.0. The molecule has 0 unspecified atom stereocenters. The average Bonchev–Trinajstić information content (AvgIpc) is 2.34. The molecule has 0 amide bonds. The van der Waals surface area contributed by atoms with Gasteiger partial charge in [0.25, 0.3) is 5.79 Å². The number of allylic oxidation sites excluding steroid dienone is 1. The second kappa shape index (κ2) is 5.72. The smallest absolute Gasteiger partial charge is 0.349 e. The third-order valence-corrected chi connectivity index (χ3v) is 3.17. The highest BCUT2D eigenvalue weighted by atomic mass is 16.7. The van der Waals surface area contributed by atoms with Gasteiger partial charge in [-0.2, -0.15) is 0 Å². The van der Waals surface area contributed by atoms with Crippen molar-refractivity contribution in [2.75, 3.05) is 0 Å². The quantitative estimate of drug-likeness (QED) is 0.474. The van der Waals surface area contributed by atoms with Gasteiger partial charge in [0, 0.05) is 13.8 Å². The molecule has 1 saturated heterocycles. The van der Waals surface area contributed by atoms with Gasteiger partial charge >= 0.3 is 11.9 Å². The SMILES string of the molecule is CC(=C1C(=O)OC(C)(C)OC1=O)c1ccc(OC(C)(C)C)cc1. The largest absolute Gasteiger partial charge is 0.488 e. The maximum Gasteiger partial charge on any atom is 0.349 e. The van der Waals surface area contributed by atoms with Crippen molar-refractivity contribution >= 4 is 17.5 Å². The molecule has 0 saturated carbocycles. The Kier molecular flexibility index (Phi) is 4.24. The molecule has 0 N–H and O–H groups in total. The van der Waals surface area contributed by atoms with E-state index in [0.29, 0.717) is 11.3 Å². The van der Waals surface area contributed by atoms with Crippen molar-refractivity contribution < 1.29 is 23.8 Å². The van der Waals surface area contributed by atoms with E-state index >= 15 is 0 Å². The van der Waals surface area contributed by atoms with Crippen LogP contribution in [0.4, 0.5) is 0 Å². The molecule has 2 rings (SSSR count). The predicted molar refractivity (Wildman–Crippen MR) is 85.7 cm³/mol. The second-order valence-corrected chi connectivity index (χ2v) is 6.92. The minimum atomic E-state index is -1.23. The summed E-state index contributed by atoms with van der Waals surface area (Å²) in [7, 11) is 0. The number of ether oxygens (including phenoxy) is 3. The van der Waals surface area contributed by atoms with Gasteiger partial charge in [-0.25, -0.2) is 9.59 Å². The topological polar surface area (TPSA) is 61.8 Å². The van der Waals surface area contributed by atoms with Gasteiger partial charge in [0.2, 0.25) is 0 Å². The van der Waals surface area contributed by atoms with Crippen LogP contribution in [0.3, 0.4) is 0 Å². The predicted octanol–water partition coefficient (Wildman–Crippen LogP) is 3.47. The second-order valence-electron chi connectivity index (χ2n) is 6.92. The molecule has 0 radical (unpaired) electrons. The molecule has 5 nitrogen and oxygen atoms in total. The minimum absolute atomic E-state index is 0.0752. The fourth-order valence-electron chi connectivity index (χ4n) is 2.23. The molecule has 0 aromatic heterocycles. The van der Waals surface area contributed by atoms with E-state index in [9.17, 15) is 9.59 Å². The molecule has 0 spiro atoms. The van der Waals surface area contributed by atoms with Gasteiger partial charge in [-0.3, -0.25) is 0 Å². The van der Waals surface area contributed by atoms with Crippen molar-refractivity contribution in [3.05, 3.63) is 35.4 Å². The summed E-state index contributed by atoms with van der Waals surface area (Å²) < 4.78 is 16.0. The molecule has 0 atom stereocenters. The van der Waals surface area contributed by atoms with Crippen LogP contribution < -0.4 is 4.74 Å². The first-order chi connectivity index (χ1) is 10.5. The van der Waals surface area contributed by atoms with Gasteiger partial charge in [0.1, 0.15) is 16.9 Å². The van der Waals surface area contributed by atoms with Gasteiger partial charge in [-0.1, -0.05) is 12.1 Å². The van der Waals surface area contributed by atoms with Crippen LogP contribution in [0, 0.1) is 0 Å². The molecule has 5 heteroatoms. The standard InChI is InChI=1S/C18H22O5/c1-11(14-15(19)22-18(5,6)23-16(14)20)12-7-9-13(10-8-12)21-17(2,3)4/h7-10H,1-6H3. The van der Waals surface area contributed by atoms with E-state index < -0.39 is 17.7 Å². The number of hydrogen-bond donors (Lipinski definition) is 0. The van der Waals surface area contributed by atoms with Crippen molar-refractivity contribution in [1.29, 1.82) is 0 Å². The summed E-state index contributed by atoms with van der Waals surface area (Å²) >= 11 is 0. The maximum absolute atomic E-state index is 12.1. The van der Waals surface area contributed by atoms with Crippen molar-refractivity contribution in [2.24, 2.45) is 0 Å². The fraction of sp³-hybridized carbons (Fsp3) is 0.444. The molecule has 0 bridgehead atoms. The molecular weight excluding hydrogens is 296 g/mol. The van der Waals surface area contributed by atoms with Crippen molar-refractivity contribution in [2.45, 2.75) is 52.9 Å². The third-order valence-electron chi connectivity index (χ3n) is 3.17. The van der Waals surface area contributed by atoms with Crippen LogP contribution >= 0.6 is 0 Å². The molecule has 1 aliphatic rings. The fourth-order valence-corrected chi connectivity index (χ4v) is 2.23. The monoisotopic (exact) mass is 318 g/mol. The van der Waals surface area contributed by atoms with Crippen molar-refractivity contribution in [3.63, 3.8) is 0 Å². The van der Waals surface area contributed by atoms with Crippen molar-refractivity contribution in [3.8, 4) is 5.75 Å². The Hall–Kier alpha value is -2.30. The summed E-state index contributed by atoms with van der Waals surface area (Å²) in [6, 6.07) is 7.19. The first-order valence-corrected chi connectivity index (χ1v) is 7.45. The van der Waals surface area contributed by atoms with E-state index in [1.54, 1.807) is 31.2 Å². The normalized spacial score (nSPS) is 17.4. The molecule has 1 aromatic carbocycles. The Morgan fingerprint density at radius 2 is 1.48 bits per heavy atom. The van der Waals surface area contributed by atoms with E-state index in [-0.39, 0.29) is 11.2 Å². The lowest BCUT2D eigenvalue weighted by Gasteiger charge is -2.30. The number of esters is 2. The number of carbonyl (C=O) groups excluding carboxylic acids is 2. The number of benzene rings is 1. The Balaban J connectivity index is 2.30. The zero-order valence-electron chi connectivity index (χ0n) is 14.4. The molecular formula is C18H22O5. The van der Waals surface area contributed by atoms with Crippen LogP contribution in [-0.4, -0.2) is 23.3 Å². The summed E-state index contributed by atoms with van der Waals surface area (Å²) in [4.78, 5) is 24.2. The first kappa shape index (κ1) is 17.1. The molecule has 1 aromatic rings. The highest BCUT2D eigenvalue weighted by Gasteiger charge is 2.40. The summed E-state index contributed by atoms with van der Waals surface area (Å²) in [5, 5.41) is 0. The highest BCUT2D eigenvalue weighted by Crippen LogP contribution is 2.29. The first-order valence-electron chi connectivity index (χ1n) is 7.45. The van der Waals surface area contributed by atoms with Gasteiger partial charge in [0.05, 0.1) is 0 Å². The Labute approximate surface area is 136 Å². The molecule has 124 valence electrons. The lowest BCUT2D eigenvalue weighted by molar-refractivity contribution is -0.222. The summed E-state index contributed by atoms with van der Waals surface area (Å²) in [6.07, 6.45) is 0. The molecule has 1 heterocycles. The van der Waals surface area contributed by atoms with E-state index in [4.69, 9.17) is 14.2 Å². The van der Waals surface area contributed by atoms with Crippen LogP contribution in [0.5, 0.6) is 5.75 Å². The number of carbonyl (C=O) groups is 2. The van der Waals surface area contributed by atoms with Gasteiger partial charge in [-0.05, 0) is 51.0 Å². The van der Waals surface area contributed by atoms with Crippen LogP contribution in [0.25, 0.3) is 5.57 Å². The summed E-state index contributed by atoms with van der Waals surface area (Å²) in [5.74, 6) is -1.85. The van der Waals surface area contributed by atoms with Gasteiger partial charge in [-0.15, -0.1) is 0 Å². The molecule has 1 fully saturated rings. The van der Waals surface area contributed by atoms with Gasteiger partial charge in [0.15, 0.2) is 0 Å². The zero-order chi connectivity index (χ0) is 17.4. The van der Waals surface area contributed by atoms with E-state index in [2.05, 4.69) is 0 Å². The van der Waals surface area contributed by atoms with E-state index in [1.165, 1.54) is 13.8 Å². The van der Waals surface area contributed by atoms with Gasteiger partial charge < -0.3 is 14.2 Å². The van der Waals surface area contributed by atoms with Crippen LogP contribution in [-0.2, 0) is 19.1 Å². The van der Waals surface area contributed by atoms with Crippen molar-refractivity contribution in [1.82, 2.24) is 0 Å². The minimum Gasteiger partial charge on any atom is -0.488 e. The van der Waals surface area contributed by atoms with E-state index in [1.807, 2.05) is 20.8 Å². The average molecular weight is 318 g/mol. The zero-order valence-corrected chi connectivity index (χ0v) is 14.4. The van der Waals surface area contributed by atoms with Crippen LogP contribution in [0.1, 0.15) is 47.1 Å². The number of hydrogen-bond acceptors (Lipinski definition) is 5. The number of cyclic esters (lactones) is 2. The molecule has 23 heavy (non-hydrogen) atoms. The van der Waals surface area contributed by atoms with Crippen LogP contribution in [0.15, 0.2) is 29.8 Å². The molecule has 0 aliphatic carbocycles. The molecule has 1 aliphatic heterocycles. The Morgan fingerprint density at radius 3 is 1.91 bits per heavy atom. The number of rotatable bonds is 2. The lowest BCUT2D eigenvalue weighted by Crippen LogP contribution is -2.42. The summed E-state index contributed by atoms with van der Waals surface area (Å²) in [5.41, 5.74) is 0.874. The summed E-state index contributed by atoms with van der Waals surface area (Å²) in [6.45, 7) is 10.6. The highest BCUT2D eigenvalue weighted by molar-refractivity contribution is 6.20. The maximum atomic E-state index is 12.1.